The van der Waals surface area contributed by atoms with Crippen molar-refractivity contribution in [1.29, 1.82) is 0 Å². The minimum absolute atomic E-state index is 0.0914. The summed E-state index contributed by atoms with van der Waals surface area (Å²) in [6.07, 6.45) is 8.61. The van der Waals surface area contributed by atoms with Gasteiger partial charge in [0.15, 0.2) is 5.13 Å². The van der Waals surface area contributed by atoms with Gasteiger partial charge in [0.1, 0.15) is 6.54 Å². The highest BCUT2D eigenvalue weighted by molar-refractivity contribution is 7.13. The molecule has 150 valence electrons. The lowest BCUT2D eigenvalue weighted by Gasteiger charge is -2.31. The van der Waals surface area contributed by atoms with Crippen LogP contribution >= 0.6 is 11.3 Å². The van der Waals surface area contributed by atoms with Crippen molar-refractivity contribution in [3.8, 4) is 0 Å². The van der Waals surface area contributed by atoms with Crippen LogP contribution in [-0.2, 0) is 11.3 Å². The van der Waals surface area contributed by atoms with Gasteiger partial charge >= 0.3 is 0 Å². The van der Waals surface area contributed by atoms with Gasteiger partial charge in [0.05, 0.1) is 11.8 Å². The summed E-state index contributed by atoms with van der Waals surface area (Å²) in [5.74, 6) is 0.170. The zero-order chi connectivity index (χ0) is 20.2. The van der Waals surface area contributed by atoms with Crippen LogP contribution in [0.25, 0.3) is 0 Å². The first-order valence-corrected chi connectivity index (χ1v) is 10.4. The third-order valence-corrected chi connectivity index (χ3v) is 5.72. The standard InChI is InChI=1S/C20H22N6O2S/c1-14-10-23-26(12-14)13-18(27)25-7-4-15(5-8-25)17-3-2-16(11-22-17)19(28)24-20-21-6-9-29-20/h2-3,6,9-12,15H,4-5,7-8,13H2,1H3,(H,21,24,28). The third-order valence-electron chi connectivity index (χ3n) is 5.03. The molecule has 1 N–H and O–H groups in total. The first kappa shape index (κ1) is 19.3. The van der Waals surface area contributed by atoms with E-state index in [0.29, 0.717) is 29.7 Å². The zero-order valence-corrected chi connectivity index (χ0v) is 16.9. The predicted octanol–water partition coefficient (Wildman–Crippen LogP) is 2.70. The lowest BCUT2D eigenvalue weighted by atomic mass is 9.92. The molecule has 0 unspecified atom stereocenters. The molecule has 8 nitrogen and oxygen atoms in total. The first-order valence-electron chi connectivity index (χ1n) is 9.52. The predicted molar refractivity (Wildman–Crippen MR) is 110 cm³/mol. The van der Waals surface area contributed by atoms with E-state index < -0.39 is 0 Å². The maximum atomic E-state index is 12.5. The summed E-state index contributed by atoms with van der Waals surface area (Å²) in [6, 6.07) is 3.70. The van der Waals surface area contributed by atoms with Crippen LogP contribution in [0.5, 0.6) is 0 Å². The number of amides is 2. The second-order valence-corrected chi connectivity index (χ2v) is 8.03. The molecule has 9 heteroatoms. The summed E-state index contributed by atoms with van der Waals surface area (Å²) >= 11 is 1.37. The lowest BCUT2D eigenvalue weighted by molar-refractivity contribution is -0.133. The number of thiazole rings is 1. The van der Waals surface area contributed by atoms with E-state index in [1.165, 1.54) is 11.3 Å². The number of rotatable bonds is 5. The topological polar surface area (TPSA) is 93.0 Å². The fraction of sp³-hybridized carbons (Fsp3) is 0.350. The van der Waals surface area contributed by atoms with E-state index in [2.05, 4.69) is 20.4 Å². The van der Waals surface area contributed by atoms with Crippen LogP contribution in [0.15, 0.2) is 42.3 Å². The highest BCUT2D eigenvalue weighted by atomic mass is 32.1. The number of nitrogens with one attached hydrogen (secondary N) is 1. The maximum absolute atomic E-state index is 12.5. The summed E-state index contributed by atoms with van der Waals surface area (Å²) < 4.78 is 1.68. The van der Waals surface area contributed by atoms with Crippen molar-refractivity contribution in [2.45, 2.75) is 32.2 Å². The van der Waals surface area contributed by atoms with Crippen LogP contribution in [-0.4, -0.2) is 49.6 Å². The second-order valence-electron chi connectivity index (χ2n) is 7.13. The van der Waals surface area contributed by atoms with E-state index in [0.717, 1.165) is 24.1 Å². The van der Waals surface area contributed by atoms with Gasteiger partial charge in [0.2, 0.25) is 5.91 Å². The average Bonchev–Trinajstić information content (AvgIpc) is 3.40. The molecular formula is C20H22N6O2S. The van der Waals surface area contributed by atoms with Crippen LogP contribution in [0, 0.1) is 6.92 Å². The molecule has 0 aliphatic carbocycles. The Bertz CT molecular complexity index is 975. The van der Waals surface area contributed by atoms with Gasteiger partial charge in [0.25, 0.3) is 5.91 Å². The molecule has 0 radical (unpaired) electrons. The lowest BCUT2D eigenvalue weighted by Crippen LogP contribution is -2.40. The number of piperidine rings is 1. The van der Waals surface area contributed by atoms with Crippen molar-refractivity contribution in [3.05, 3.63) is 59.1 Å². The molecule has 3 aromatic heterocycles. The average molecular weight is 411 g/mol. The van der Waals surface area contributed by atoms with E-state index in [1.54, 1.807) is 29.3 Å². The van der Waals surface area contributed by atoms with Gasteiger partial charge in [-0.25, -0.2) is 4.98 Å². The van der Waals surface area contributed by atoms with Gasteiger partial charge < -0.3 is 4.90 Å². The third kappa shape index (κ3) is 4.68. The van der Waals surface area contributed by atoms with Gasteiger partial charge in [-0.1, -0.05) is 0 Å². The summed E-state index contributed by atoms with van der Waals surface area (Å²) in [7, 11) is 0. The molecule has 1 aliphatic rings. The molecule has 0 aromatic carbocycles. The molecule has 1 aliphatic heterocycles. The minimum atomic E-state index is -0.215. The van der Waals surface area contributed by atoms with Crippen LogP contribution in [0.1, 0.15) is 40.4 Å². The van der Waals surface area contributed by atoms with Crippen LogP contribution in [0.3, 0.4) is 0 Å². The summed E-state index contributed by atoms with van der Waals surface area (Å²) in [5, 5.41) is 9.32. The maximum Gasteiger partial charge on any atom is 0.259 e. The fourth-order valence-corrected chi connectivity index (χ4v) is 3.98. The van der Waals surface area contributed by atoms with E-state index in [1.807, 2.05) is 29.5 Å². The molecule has 1 saturated heterocycles. The Hall–Kier alpha value is -3.07. The molecule has 3 aromatic rings. The normalized spacial score (nSPS) is 14.7. The Balaban J connectivity index is 1.30. The SMILES string of the molecule is Cc1cnn(CC(=O)N2CCC(c3ccc(C(=O)Nc4nccs4)cn3)CC2)c1. The second kappa shape index (κ2) is 8.52. The number of pyridine rings is 1. The van der Waals surface area contributed by atoms with Crippen molar-refractivity contribution in [2.24, 2.45) is 0 Å². The van der Waals surface area contributed by atoms with Crippen molar-refractivity contribution >= 4 is 28.3 Å². The number of likely N-dealkylation sites (tertiary alicyclic amines) is 1. The van der Waals surface area contributed by atoms with E-state index >= 15 is 0 Å². The van der Waals surface area contributed by atoms with Crippen molar-refractivity contribution in [1.82, 2.24) is 24.6 Å². The first-order chi connectivity index (χ1) is 14.1. The number of hydrogen-bond donors (Lipinski definition) is 1. The fourth-order valence-electron chi connectivity index (χ4n) is 3.45. The Morgan fingerprint density at radius 3 is 2.66 bits per heavy atom. The number of aromatic nitrogens is 4. The number of nitrogens with zero attached hydrogens (tertiary/aromatic N) is 5. The number of carbonyl (C=O) groups is 2. The largest absolute Gasteiger partial charge is 0.341 e. The van der Waals surface area contributed by atoms with Crippen LogP contribution < -0.4 is 5.32 Å². The number of carbonyl (C=O) groups excluding carboxylic acids is 2. The van der Waals surface area contributed by atoms with Crippen molar-refractivity contribution in [2.75, 3.05) is 18.4 Å². The van der Waals surface area contributed by atoms with Crippen LogP contribution in [0.2, 0.25) is 0 Å². The van der Waals surface area contributed by atoms with E-state index in [9.17, 15) is 9.59 Å². The molecule has 0 saturated carbocycles. The van der Waals surface area contributed by atoms with E-state index in [-0.39, 0.29) is 18.4 Å². The quantitative estimate of drug-likeness (QED) is 0.698. The van der Waals surface area contributed by atoms with Gasteiger partial charge in [-0.3, -0.25) is 24.6 Å². The summed E-state index contributed by atoms with van der Waals surface area (Å²) in [6.45, 7) is 3.65. The Kier molecular flexibility index (Phi) is 5.66. The molecule has 0 spiro atoms. The van der Waals surface area contributed by atoms with E-state index in [4.69, 9.17) is 0 Å². The molecular weight excluding hydrogens is 388 g/mol. The van der Waals surface area contributed by atoms with Gasteiger partial charge in [-0.05, 0) is 37.5 Å². The highest BCUT2D eigenvalue weighted by Gasteiger charge is 2.25. The summed E-state index contributed by atoms with van der Waals surface area (Å²) in [5.41, 5.74) is 2.52. The Labute approximate surface area is 172 Å². The van der Waals surface area contributed by atoms with Crippen LogP contribution in [0.4, 0.5) is 5.13 Å². The summed E-state index contributed by atoms with van der Waals surface area (Å²) in [4.78, 5) is 35.1. The molecule has 2 amide bonds. The van der Waals surface area contributed by atoms with Crippen molar-refractivity contribution in [3.63, 3.8) is 0 Å². The van der Waals surface area contributed by atoms with Gasteiger partial charge in [0, 0.05) is 48.7 Å². The number of aryl methyl sites for hydroxylation is 1. The highest BCUT2D eigenvalue weighted by Crippen LogP contribution is 2.27. The molecule has 1 fully saturated rings. The number of anilines is 1. The Morgan fingerprint density at radius 2 is 2.03 bits per heavy atom. The smallest absolute Gasteiger partial charge is 0.259 e. The van der Waals surface area contributed by atoms with Gasteiger partial charge in [-0.15, -0.1) is 11.3 Å². The van der Waals surface area contributed by atoms with Crippen molar-refractivity contribution < 1.29 is 9.59 Å². The minimum Gasteiger partial charge on any atom is -0.341 e. The Morgan fingerprint density at radius 1 is 1.21 bits per heavy atom. The van der Waals surface area contributed by atoms with Gasteiger partial charge in [-0.2, -0.15) is 5.10 Å². The number of hydrogen-bond acceptors (Lipinski definition) is 6. The molecule has 4 heterocycles. The molecule has 29 heavy (non-hydrogen) atoms. The zero-order valence-electron chi connectivity index (χ0n) is 16.1. The molecule has 0 atom stereocenters. The molecule has 4 rings (SSSR count). The monoisotopic (exact) mass is 410 g/mol. The molecule has 0 bridgehead atoms.